The molecule has 2 rings (SSSR count). The van der Waals surface area contributed by atoms with Gasteiger partial charge in [0.25, 0.3) is 10.0 Å². The molecule has 0 saturated carbocycles. The second-order valence-corrected chi connectivity index (χ2v) is 5.75. The Morgan fingerprint density at radius 3 is 2.55 bits per heavy atom. The summed E-state index contributed by atoms with van der Waals surface area (Å²) < 4.78 is 27.2. The average molecular weight is 293 g/mol. The molecule has 8 heteroatoms. The van der Waals surface area contributed by atoms with Crippen molar-refractivity contribution in [3.63, 3.8) is 0 Å². The molecule has 4 N–H and O–H groups in total. The van der Waals surface area contributed by atoms with Gasteiger partial charge in [-0.05, 0) is 36.8 Å². The van der Waals surface area contributed by atoms with E-state index < -0.39 is 16.1 Å². The normalized spacial score (nSPS) is 12.9. The standard InChI is InChI=1S/C12H15N5O2S/c1-9(10-4-7-14-8-5-10)17-20(18,19)12-11(16-13)3-2-6-15-12/h2-9,16-17H,13H2,1H3. The molecule has 0 radical (unpaired) electrons. The number of rotatable bonds is 5. The first-order valence-corrected chi connectivity index (χ1v) is 7.37. The summed E-state index contributed by atoms with van der Waals surface area (Å²) in [4.78, 5) is 7.76. The van der Waals surface area contributed by atoms with Crippen LogP contribution in [0.2, 0.25) is 0 Å². The van der Waals surface area contributed by atoms with Crippen molar-refractivity contribution in [2.45, 2.75) is 18.0 Å². The molecule has 0 fully saturated rings. The zero-order valence-corrected chi connectivity index (χ0v) is 11.6. The van der Waals surface area contributed by atoms with Crippen LogP contribution in [0.15, 0.2) is 47.9 Å². The molecular formula is C12H15N5O2S. The summed E-state index contributed by atoms with van der Waals surface area (Å²) in [7, 11) is -3.77. The molecule has 106 valence electrons. The highest BCUT2D eigenvalue weighted by Gasteiger charge is 2.22. The number of aromatic nitrogens is 2. The molecule has 0 aliphatic rings. The number of nitrogens with zero attached hydrogens (tertiary/aromatic N) is 2. The molecule has 0 bridgehead atoms. The van der Waals surface area contributed by atoms with Gasteiger partial charge >= 0.3 is 0 Å². The van der Waals surface area contributed by atoms with Crippen molar-refractivity contribution in [1.29, 1.82) is 0 Å². The van der Waals surface area contributed by atoms with Crippen LogP contribution in [0.4, 0.5) is 5.69 Å². The Labute approximate surface area is 117 Å². The van der Waals surface area contributed by atoms with E-state index in [4.69, 9.17) is 5.84 Å². The second kappa shape index (κ2) is 5.95. The minimum absolute atomic E-state index is 0.136. The Hall–Kier alpha value is -2.03. The number of pyridine rings is 2. The topological polar surface area (TPSA) is 110 Å². The van der Waals surface area contributed by atoms with E-state index in [9.17, 15) is 8.42 Å². The molecule has 0 saturated heterocycles. The molecule has 0 aliphatic heterocycles. The highest BCUT2D eigenvalue weighted by molar-refractivity contribution is 7.89. The molecule has 0 spiro atoms. The fourth-order valence-corrected chi connectivity index (χ4v) is 3.05. The van der Waals surface area contributed by atoms with E-state index in [0.29, 0.717) is 0 Å². The van der Waals surface area contributed by atoms with Gasteiger partial charge in [0.2, 0.25) is 0 Å². The lowest BCUT2D eigenvalue weighted by Gasteiger charge is -2.15. The first-order chi connectivity index (χ1) is 9.54. The molecule has 0 aliphatic carbocycles. The fraction of sp³-hybridized carbons (Fsp3) is 0.167. The summed E-state index contributed by atoms with van der Waals surface area (Å²) >= 11 is 0. The third-order valence-electron chi connectivity index (χ3n) is 2.72. The largest absolute Gasteiger partial charge is 0.321 e. The Morgan fingerprint density at radius 1 is 1.20 bits per heavy atom. The van der Waals surface area contributed by atoms with Gasteiger partial charge < -0.3 is 5.43 Å². The molecule has 1 unspecified atom stereocenters. The van der Waals surface area contributed by atoms with Gasteiger partial charge in [-0.3, -0.25) is 10.8 Å². The number of nitrogens with two attached hydrogens (primary N) is 1. The van der Waals surface area contributed by atoms with Crippen LogP contribution < -0.4 is 16.0 Å². The monoisotopic (exact) mass is 293 g/mol. The Morgan fingerprint density at radius 2 is 1.90 bits per heavy atom. The predicted molar refractivity (Wildman–Crippen MR) is 75.0 cm³/mol. The van der Waals surface area contributed by atoms with Crippen molar-refractivity contribution in [1.82, 2.24) is 14.7 Å². The lowest BCUT2D eigenvalue weighted by molar-refractivity contribution is 0.563. The lowest BCUT2D eigenvalue weighted by Crippen LogP contribution is -2.29. The van der Waals surface area contributed by atoms with Crippen LogP contribution in [-0.2, 0) is 10.0 Å². The predicted octanol–water partition coefficient (Wildman–Crippen LogP) is 0.802. The summed E-state index contributed by atoms with van der Waals surface area (Å²) in [6, 6.07) is 6.22. The van der Waals surface area contributed by atoms with Gasteiger partial charge in [0, 0.05) is 24.6 Å². The summed E-state index contributed by atoms with van der Waals surface area (Å²) in [6.45, 7) is 1.74. The smallest absolute Gasteiger partial charge is 0.260 e. The number of hydrogen-bond donors (Lipinski definition) is 3. The van der Waals surface area contributed by atoms with E-state index in [2.05, 4.69) is 20.1 Å². The zero-order chi connectivity index (χ0) is 14.6. The Kier molecular flexibility index (Phi) is 4.28. The number of hydrogen-bond acceptors (Lipinski definition) is 6. The number of nitrogens with one attached hydrogen (secondary N) is 2. The molecule has 2 heterocycles. The maximum atomic E-state index is 12.3. The molecule has 7 nitrogen and oxygen atoms in total. The third kappa shape index (κ3) is 3.10. The van der Waals surface area contributed by atoms with Crippen LogP contribution in [0.25, 0.3) is 0 Å². The van der Waals surface area contributed by atoms with Gasteiger partial charge in [-0.15, -0.1) is 0 Å². The van der Waals surface area contributed by atoms with Crippen molar-refractivity contribution in [2.75, 3.05) is 5.43 Å². The van der Waals surface area contributed by atoms with Crippen molar-refractivity contribution < 1.29 is 8.42 Å². The van der Waals surface area contributed by atoms with E-state index in [-0.39, 0.29) is 10.7 Å². The van der Waals surface area contributed by atoms with Crippen molar-refractivity contribution in [3.05, 3.63) is 48.4 Å². The minimum atomic E-state index is -3.77. The highest BCUT2D eigenvalue weighted by atomic mass is 32.2. The molecule has 2 aromatic heterocycles. The number of anilines is 1. The number of nitrogen functional groups attached to an aromatic ring is 1. The first-order valence-electron chi connectivity index (χ1n) is 5.88. The fourth-order valence-electron chi connectivity index (χ4n) is 1.72. The van der Waals surface area contributed by atoms with Gasteiger partial charge in [-0.2, -0.15) is 0 Å². The Bertz CT molecular complexity index is 675. The first kappa shape index (κ1) is 14.4. The van der Waals surface area contributed by atoms with Crippen molar-refractivity contribution in [3.8, 4) is 0 Å². The van der Waals surface area contributed by atoms with Gasteiger partial charge in [0.15, 0.2) is 5.03 Å². The maximum absolute atomic E-state index is 12.3. The van der Waals surface area contributed by atoms with Crippen molar-refractivity contribution in [2.24, 2.45) is 5.84 Å². The van der Waals surface area contributed by atoms with E-state index in [1.54, 1.807) is 43.6 Å². The number of hydrazine groups is 1. The molecular weight excluding hydrogens is 278 g/mol. The SMILES string of the molecule is CC(NS(=O)(=O)c1ncccc1NN)c1ccncc1. The quantitative estimate of drug-likeness (QED) is 0.555. The summed E-state index contributed by atoms with van der Waals surface area (Å²) in [5, 5.41) is -0.136. The van der Waals surface area contributed by atoms with Crippen molar-refractivity contribution >= 4 is 15.7 Å². The van der Waals surface area contributed by atoms with E-state index >= 15 is 0 Å². The molecule has 0 aromatic carbocycles. The van der Waals surface area contributed by atoms with Gasteiger partial charge in [-0.1, -0.05) is 0 Å². The molecule has 2 aromatic rings. The number of sulfonamides is 1. The van der Waals surface area contributed by atoms with Crippen LogP contribution >= 0.6 is 0 Å². The molecule has 1 atom stereocenters. The third-order valence-corrected chi connectivity index (χ3v) is 4.22. The second-order valence-electron chi connectivity index (χ2n) is 4.12. The van der Waals surface area contributed by atoms with Crippen LogP contribution in [-0.4, -0.2) is 18.4 Å². The van der Waals surface area contributed by atoms with E-state index in [1.807, 2.05) is 0 Å². The Balaban J connectivity index is 2.28. The summed E-state index contributed by atoms with van der Waals surface area (Å²) in [6.07, 6.45) is 4.61. The lowest BCUT2D eigenvalue weighted by atomic mass is 10.1. The summed E-state index contributed by atoms with van der Waals surface area (Å²) in [5.74, 6) is 5.30. The zero-order valence-electron chi connectivity index (χ0n) is 10.8. The van der Waals surface area contributed by atoms with E-state index in [1.165, 1.54) is 6.20 Å². The van der Waals surface area contributed by atoms with Gasteiger partial charge in [-0.25, -0.2) is 18.1 Å². The van der Waals surface area contributed by atoms with Gasteiger partial charge in [0.1, 0.15) is 0 Å². The summed E-state index contributed by atoms with van der Waals surface area (Å²) in [5.41, 5.74) is 3.37. The van der Waals surface area contributed by atoms with E-state index in [0.717, 1.165) is 5.56 Å². The van der Waals surface area contributed by atoms with Crippen LogP contribution in [0, 0.1) is 0 Å². The molecule has 0 amide bonds. The molecule has 20 heavy (non-hydrogen) atoms. The highest BCUT2D eigenvalue weighted by Crippen LogP contribution is 2.20. The van der Waals surface area contributed by atoms with Crippen LogP contribution in [0.3, 0.4) is 0 Å². The average Bonchev–Trinajstić information content (AvgIpc) is 2.47. The van der Waals surface area contributed by atoms with Crippen LogP contribution in [0.5, 0.6) is 0 Å². The minimum Gasteiger partial charge on any atom is -0.321 e. The maximum Gasteiger partial charge on any atom is 0.260 e. The van der Waals surface area contributed by atoms with Crippen LogP contribution in [0.1, 0.15) is 18.5 Å². The van der Waals surface area contributed by atoms with Gasteiger partial charge in [0.05, 0.1) is 5.69 Å².